The number of benzene rings is 2. The Morgan fingerprint density at radius 3 is 2.42 bits per heavy atom. The Morgan fingerprint density at radius 2 is 1.79 bits per heavy atom. The van der Waals surface area contributed by atoms with Crippen LogP contribution in [0, 0.1) is 16.0 Å². The number of hydrogen-bond acceptors (Lipinski definition) is 7. The normalized spacial score (nSPS) is 12.6. The predicted octanol–water partition coefficient (Wildman–Crippen LogP) is 3.42. The van der Waals surface area contributed by atoms with Gasteiger partial charge >= 0.3 is 5.97 Å². The van der Waals surface area contributed by atoms with Crippen molar-refractivity contribution in [3.8, 4) is 0 Å². The summed E-state index contributed by atoms with van der Waals surface area (Å²) in [4.78, 5) is 60.6. The van der Waals surface area contributed by atoms with Crippen LogP contribution in [0.25, 0.3) is 0 Å². The molecule has 0 aromatic heterocycles. The van der Waals surface area contributed by atoms with E-state index in [0.717, 1.165) is 17.4 Å². The number of carbonyl (C=O) groups is 4. The molecule has 0 saturated heterocycles. The molecule has 33 heavy (non-hydrogen) atoms. The van der Waals surface area contributed by atoms with Gasteiger partial charge in [-0.05, 0) is 42.7 Å². The first-order valence-corrected chi connectivity index (χ1v) is 10.4. The van der Waals surface area contributed by atoms with E-state index in [1.165, 1.54) is 24.3 Å². The second-order valence-corrected chi connectivity index (χ2v) is 7.91. The molecule has 0 radical (unpaired) electrons. The molecule has 2 aromatic carbocycles. The van der Waals surface area contributed by atoms with Gasteiger partial charge in [0.1, 0.15) is 5.56 Å². The number of nitrogens with one attached hydrogen (secondary N) is 1. The second kappa shape index (κ2) is 10.0. The summed E-state index contributed by atoms with van der Waals surface area (Å²) in [5.41, 5.74) is 0.0241. The molecule has 3 amide bonds. The van der Waals surface area contributed by atoms with Crippen molar-refractivity contribution in [2.24, 2.45) is 5.92 Å². The third-order valence-electron chi connectivity index (χ3n) is 5.07. The van der Waals surface area contributed by atoms with Crippen molar-refractivity contribution in [3.63, 3.8) is 0 Å². The van der Waals surface area contributed by atoms with Gasteiger partial charge in [-0.15, -0.1) is 0 Å². The summed E-state index contributed by atoms with van der Waals surface area (Å²) in [6, 6.07) is 9.97. The van der Waals surface area contributed by atoms with Crippen molar-refractivity contribution in [2.75, 3.05) is 18.5 Å². The molecule has 1 N–H and O–H groups in total. The number of esters is 1. The molecular formula is C23H23N3O7. The SMILES string of the molecule is CC(C)CCOC(=O)c1ccc(NC(=O)CCN2C(=O)c3cccc([N+](=O)[O-])c3C2=O)cc1. The standard InChI is InChI=1S/C23H23N3O7/c1-14(2)11-13-33-23(30)15-6-8-16(9-7-15)24-19(27)10-12-25-21(28)17-4-3-5-18(26(31)32)20(17)22(25)29/h3-9,14H,10-13H2,1-2H3,(H,24,27). The maximum absolute atomic E-state index is 12.5. The van der Waals surface area contributed by atoms with Gasteiger partial charge in [-0.3, -0.25) is 29.4 Å². The first kappa shape index (κ1) is 23.6. The highest BCUT2D eigenvalue weighted by atomic mass is 16.6. The zero-order chi connectivity index (χ0) is 24.1. The molecule has 0 unspecified atom stereocenters. The van der Waals surface area contributed by atoms with Crippen LogP contribution in [-0.2, 0) is 9.53 Å². The van der Waals surface area contributed by atoms with E-state index >= 15 is 0 Å². The number of nitro groups is 1. The third-order valence-corrected chi connectivity index (χ3v) is 5.07. The summed E-state index contributed by atoms with van der Waals surface area (Å²) in [6.07, 6.45) is 0.568. The van der Waals surface area contributed by atoms with E-state index in [-0.39, 0.29) is 24.1 Å². The minimum absolute atomic E-state index is 0.0505. The lowest BCUT2D eigenvalue weighted by molar-refractivity contribution is -0.385. The molecule has 0 aliphatic carbocycles. The quantitative estimate of drug-likeness (QED) is 0.266. The van der Waals surface area contributed by atoms with Crippen molar-refractivity contribution in [1.29, 1.82) is 0 Å². The lowest BCUT2D eigenvalue weighted by Gasteiger charge is -2.13. The fraction of sp³-hybridized carbons (Fsp3) is 0.304. The molecule has 0 fully saturated rings. The van der Waals surface area contributed by atoms with Crippen molar-refractivity contribution in [1.82, 2.24) is 4.90 Å². The van der Waals surface area contributed by atoms with Gasteiger partial charge in [-0.1, -0.05) is 19.9 Å². The van der Waals surface area contributed by atoms with Crippen LogP contribution in [0.15, 0.2) is 42.5 Å². The van der Waals surface area contributed by atoms with Gasteiger partial charge in [0.2, 0.25) is 5.91 Å². The van der Waals surface area contributed by atoms with Crippen LogP contribution in [0.2, 0.25) is 0 Å². The topological polar surface area (TPSA) is 136 Å². The lowest BCUT2D eigenvalue weighted by atomic mass is 10.1. The van der Waals surface area contributed by atoms with E-state index in [1.807, 2.05) is 13.8 Å². The number of fused-ring (bicyclic) bond motifs is 1. The lowest BCUT2D eigenvalue weighted by Crippen LogP contribution is -2.33. The first-order chi connectivity index (χ1) is 15.7. The van der Waals surface area contributed by atoms with E-state index in [1.54, 1.807) is 12.1 Å². The highest BCUT2D eigenvalue weighted by Crippen LogP contribution is 2.30. The average molecular weight is 453 g/mol. The molecule has 172 valence electrons. The van der Waals surface area contributed by atoms with Gasteiger partial charge in [0.25, 0.3) is 17.5 Å². The fourth-order valence-electron chi connectivity index (χ4n) is 3.27. The second-order valence-electron chi connectivity index (χ2n) is 7.91. The van der Waals surface area contributed by atoms with Gasteiger partial charge in [0, 0.05) is 24.7 Å². The summed E-state index contributed by atoms with van der Waals surface area (Å²) in [7, 11) is 0. The Hall–Kier alpha value is -4.08. The molecule has 0 spiro atoms. The highest BCUT2D eigenvalue weighted by molar-refractivity contribution is 6.23. The van der Waals surface area contributed by atoms with Crippen LogP contribution in [0.3, 0.4) is 0 Å². The fourth-order valence-corrected chi connectivity index (χ4v) is 3.27. The number of nitrogens with zero attached hydrogens (tertiary/aromatic N) is 2. The Morgan fingerprint density at radius 1 is 1.09 bits per heavy atom. The minimum atomic E-state index is -0.796. The van der Waals surface area contributed by atoms with E-state index in [4.69, 9.17) is 4.74 Å². The van der Waals surface area contributed by atoms with Crippen LogP contribution in [0.4, 0.5) is 11.4 Å². The van der Waals surface area contributed by atoms with Crippen LogP contribution in [-0.4, -0.2) is 46.7 Å². The van der Waals surface area contributed by atoms with E-state index in [2.05, 4.69) is 5.32 Å². The molecule has 0 saturated carbocycles. The molecule has 2 aromatic rings. The summed E-state index contributed by atoms with van der Waals surface area (Å²) in [6.45, 7) is 4.17. The number of imide groups is 1. The maximum Gasteiger partial charge on any atom is 0.338 e. The molecule has 0 bridgehead atoms. The highest BCUT2D eigenvalue weighted by Gasteiger charge is 2.40. The summed E-state index contributed by atoms with van der Waals surface area (Å²) >= 11 is 0. The van der Waals surface area contributed by atoms with Gasteiger partial charge in [-0.25, -0.2) is 4.79 Å². The number of ether oxygens (including phenoxy) is 1. The largest absolute Gasteiger partial charge is 0.462 e. The summed E-state index contributed by atoms with van der Waals surface area (Å²) < 4.78 is 5.19. The van der Waals surface area contributed by atoms with Crippen LogP contribution in [0.1, 0.15) is 57.8 Å². The van der Waals surface area contributed by atoms with Crippen molar-refractivity contribution in [2.45, 2.75) is 26.7 Å². The van der Waals surface area contributed by atoms with Gasteiger partial charge < -0.3 is 10.1 Å². The summed E-state index contributed by atoms with van der Waals surface area (Å²) in [5, 5.41) is 13.8. The molecule has 10 heteroatoms. The Bertz CT molecular complexity index is 1110. The van der Waals surface area contributed by atoms with Crippen molar-refractivity contribution >= 4 is 35.1 Å². The smallest absolute Gasteiger partial charge is 0.338 e. The number of rotatable bonds is 9. The molecule has 1 aliphatic heterocycles. The number of anilines is 1. The zero-order valence-electron chi connectivity index (χ0n) is 18.2. The third kappa shape index (κ3) is 5.40. The average Bonchev–Trinajstić information content (AvgIpc) is 3.02. The Kier molecular flexibility index (Phi) is 7.17. The van der Waals surface area contributed by atoms with E-state index < -0.39 is 34.3 Å². The van der Waals surface area contributed by atoms with E-state index in [0.29, 0.717) is 23.8 Å². The number of amides is 3. The minimum Gasteiger partial charge on any atom is -0.462 e. The maximum atomic E-state index is 12.5. The molecule has 1 heterocycles. The van der Waals surface area contributed by atoms with Crippen LogP contribution in [0.5, 0.6) is 0 Å². The zero-order valence-corrected chi connectivity index (χ0v) is 18.2. The Labute approximate surface area is 189 Å². The van der Waals surface area contributed by atoms with Crippen molar-refractivity contribution < 1.29 is 28.8 Å². The van der Waals surface area contributed by atoms with Gasteiger partial charge in [-0.2, -0.15) is 0 Å². The first-order valence-electron chi connectivity index (χ1n) is 10.4. The monoisotopic (exact) mass is 453 g/mol. The number of nitro benzene ring substituents is 1. The number of hydrogen-bond donors (Lipinski definition) is 1. The van der Waals surface area contributed by atoms with E-state index in [9.17, 15) is 29.3 Å². The molecule has 0 atom stereocenters. The number of carbonyl (C=O) groups excluding carboxylic acids is 4. The Balaban J connectivity index is 1.55. The molecule has 10 nitrogen and oxygen atoms in total. The molecule has 1 aliphatic rings. The van der Waals surface area contributed by atoms with Gasteiger partial charge in [0.05, 0.1) is 22.7 Å². The summed E-state index contributed by atoms with van der Waals surface area (Å²) in [5.74, 6) is -1.96. The molecule has 3 rings (SSSR count). The van der Waals surface area contributed by atoms with Gasteiger partial charge in [0.15, 0.2) is 0 Å². The van der Waals surface area contributed by atoms with Crippen LogP contribution >= 0.6 is 0 Å². The molecular weight excluding hydrogens is 430 g/mol. The predicted molar refractivity (Wildman–Crippen MR) is 118 cm³/mol. The van der Waals surface area contributed by atoms with Crippen molar-refractivity contribution in [3.05, 3.63) is 69.3 Å². The van der Waals surface area contributed by atoms with Crippen LogP contribution < -0.4 is 5.32 Å².